The lowest BCUT2D eigenvalue weighted by atomic mass is 9.94. The highest BCUT2D eigenvalue weighted by Gasteiger charge is 2.32. The first-order valence-electron chi connectivity index (χ1n) is 12.1. The number of nitrogens with zero attached hydrogens (tertiary/aromatic N) is 4. The van der Waals surface area contributed by atoms with Crippen LogP contribution in [-0.2, 0) is 17.8 Å². The summed E-state index contributed by atoms with van der Waals surface area (Å²) in [6.07, 6.45) is 5.24. The summed E-state index contributed by atoms with van der Waals surface area (Å²) < 4.78 is 4.59. The molecule has 4 aromatic rings. The highest BCUT2D eigenvalue weighted by Crippen LogP contribution is 2.25. The predicted octanol–water partition coefficient (Wildman–Crippen LogP) is 3.03. The number of aromatic nitrogens is 3. The number of rotatable bonds is 7. The lowest BCUT2D eigenvalue weighted by molar-refractivity contribution is -0.137. The number of likely N-dealkylation sites (tertiary alicyclic amines) is 1. The number of nitrogens with one attached hydrogen (secondary N) is 1. The van der Waals surface area contributed by atoms with Crippen molar-refractivity contribution < 1.29 is 14.1 Å². The maximum atomic E-state index is 13.7. The van der Waals surface area contributed by atoms with Gasteiger partial charge in [0.25, 0.3) is 5.91 Å². The summed E-state index contributed by atoms with van der Waals surface area (Å²) in [4.78, 5) is 48.7. The van der Waals surface area contributed by atoms with Gasteiger partial charge in [0.1, 0.15) is 0 Å². The minimum atomic E-state index is -0.620. The van der Waals surface area contributed by atoms with E-state index in [1.54, 1.807) is 22.2 Å². The van der Waals surface area contributed by atoms with Crippen molar-refractivity contribution in [2.45, 2.75) is 25.8 Å². The van der Waals surface area contributed by atoms with Crippen molar-refractivity contribution in [3.05, 3.63) is 94.5 Å². The number of fused-ring (bicyclic) bond motifs is 1. The molecule has 9 heteroatoms. The van der Waals surface area contributed by atoms with E-state index in [1.807, 2.05) is 54.6 Å². The summed E-state index contributed by atoms with van der Waals surface area (Å²) in [6.45, 7) is 1.71. The zero-order valence-electron chi connectivity index (χ0n) is 19.8. The molecular weight excluding hydrogens is 458 g/mol. The standard InChI is InChI=1S/C27H27N5O4/c33-25(32(17-19-6-4-13-28-16-19)15-12-24-29-27(35)36-30-24)21-9-5-14-31(18-21)26(34)23-11-3-8-20-7-1-2-10-22(20)23/h1-4,6-8,10-11,13,16,21H,5,9,12,14-15,17-18H2,(H,29,30,35). The average molecular weight is 486 g/mol. The van der Waals surface area contributed by atoms with E-state index >= 15 is 0 Å². The average Bonchev–Trinajstić information content (AvgIpc) is 3.35. The molecule has 2 aromatic heterocycles. The smallest absolute Gasteiger partial charge is 0.338 e. The van der Waals surface area contributed by atoms with Crippen LogP contribution in [0.1, 0.15) is 34.6 Å². The van der Waals surface area contributed by atoms with E-state index in [-0.39, 0.29) is 17.7 Å². The number of hydrogen-bond donors (Lipinski definition) is 1. The molecule has 0 radical (unpaired) electrons. The van der Waals surface area contributed by atoms with Gasteiger partial charge in [-0.25, -0.2) is 4.79 Å². The third kappa shape index (κ3) is 5.19. The third-order valence-electron chi connectivity index (χ3n) is 6.59. The van der Waals surface area contributed by atoms with Gasteiger partial charge in [0.05, 0.1) is 5.92 Å². The molecule has 1 aliphatic heterocycles. The van der Waals surface area contributed by atoms with Crippen LogP contribution in [-0.4, -0.2) is 56.4 Å². The lowest BCUT2D eigenvalue weighted by Gasteiger charge is -2.35. The maximum absolute atomic E-state index is 13.7. The summed E-state index contributed by atoms with van der Waals surface area (Å²) in [7, 11) is 0. The Bertz CT molecular complexity index is 1410. The number of piperidine rings is 1. The van der Waals surface area contributed by atoms with Crippen molar-refractivity contribution in [2.24, 2.45) is 5.92 Å². The summed E-state index contributed by atoms with van der Waals surface area (Å²) >= 11 is 0. The number of amides is 2. The van der Waals surface area contributed by atoms with Crippen LogP contribution in [0.3, 0.4) is 0 Å². The van der Waals surface area contributed by atoms with E-state index in [0.29, 0.717) is 50.4 Å². The van der Waals surface area contributed by atoms with Crippen molar-refractivity contribution in [2.75, 3.05) is 19.6 Å². The first-order valence-corrected chi connectivity index (χ1v) is 12.1. The molecular formula is C27H27N5O4. The van der Waals surface area contributed by atoms with Crippen molar-refractivity contribution in [3.63, 3.8) is 0 Å². The van der Waals surface area contributed by atoms with Gasteiger partial charge in [-0.3, -0.25) is 24.1 Å². The number of pyridine rings is 1. The van der Waals surface area contributed by atoms with Gasteiger partial charge in [-0.05, 0) is 41.3 Å². The van der Waals surface area contributed by atoms with E-state index in [2.05, 4.69) is 19.6 Å². The van der Waals surface area contributed by atoms with Gasteiger partial charge >= 0.3 is 5.76 Å². The minimum Gasteiger partial charge on any atom is -0.338 e. The summed E-state index contributed by atoms with van der Waals surface area (Å²) in [5.41, 5.74) is 1.56. The zero-order chi connectivity index (χ0) is 24.9. The Morgan fingerprint density at radius 3 is 2.78 bits per heavy atom. The molecule has 5 rings (SSSR count). The number of carbonyl (C=O) groups excluding carboxylic acids is 2. The molecule has 0 bridgehead atoms. The molecule has 0 saturated carbocycles. The van der Waals surface area contributed by atoms with Gasteiger partial charge in [-0.2, -0.15) is 0 Å². The first-order chi connectivity index (χ1) is 17.6. The Morgan fingerprint density at radius 1 is 1.11 bits per heavy atom. The first kappa shape index (κ1) is 23.5. The van der Waals surface area contributed by atoms with E-state index in [0.717, 1.165) is 22.8 Å². The second kappa shape index (κ2) is 10.6. The van der Waals surface area contributed by atoms with Gasteiger partial charge in [0.2, 0.25) is 5.91 Å². The van der Waals surface area contributed by atoms with Crippen LogP contribution in [0.5, 0.6) is 0 Å². The number of aromatic amines is 1. The van der Waals surface area contributed by atoms with Crippen LogP contribution in [0.15, 0.2) is 76.3 Å². The second-order valence-corrected chi connectivity index (χ2v) is 9.03. The van der Waals surface area contributed by atoms with Crippen LogP contribution >= 0.6 is 0 Å². The molecule has 0 spiro atoms. The molecule has 1 fully saturated rings. The number of hydrogen-bond acceptors (Lipinski definition) is 6. The molecule has 1 atom stereocenters. The SMILES string of the molecule is O=C(c1cccc2ccccc12)N1CCCC(C(=O)N(CCc2noc(=O)[nH]2)Cc2cccnc2)C1. The number of H-pyrrole nitrogens is 1. The van der Waals surface area contributed by atoms with Crippen LogP contribution in [0, 0.1) is 5.92 Å². The Morgan fingerprint density at radius 2 is 1.97 bits per heavy atom. The monoisotopic (exact) mass is 485 g/mol. The zero-order valence-corrected chi connectivity index (χ0v) is 19.8. The van der Waals surface area contributed by atoms with Crippen LogP contribution in [0.4, 0.5) is 0 Å². The fraction of sp³-hybridized carbons (Fsp3) is 0.296. The quantitative estimate of drug-likeness (QED) is 0.431. The van der Waals surface area contributed by atoms with E-state index in [9.17, 15) is 14.4 Å². The highest BCUT2D eigenvalue weighted by atomic mass is 16.5. The van der Waals surface area contributed by atoms with Gasteiger partial charge in [-0.1, -0.05) is 47.6 Å². The molecule has 0 aliphatic carbocycles. The minimum absolute atomic E-state index is 0.0277. The highest BCUT2D eigenvalue weighted by molar-refractivity contribution is 6.07. The van der Waals surface area contributed by atoms with E-state index in [4.69, 9.17) is 0 Å². The van der Waals surface area contributed by atoms with Crippen LogP contribution in [0.2, 0.25) is 0 Å². The topological polar surface area (TPSA) is 112 Å². The van der Waals surface area contributed by atoms with Gasteiger partial charge in [0, 0.05) is 50.6 Å². The molecule has 3 heterocycles. The molecule has 1 N–H and O–H groups in total. The fourth-order valence-electron chi connectivity index (χ4n) is 4.79. The fourth-order valence-corrected chi connectivity index (χ4v) is 4.79. The predicted molar refractivity (Wildman–Crippen MR) is 133 cm³/mol. The molecule has 1 unspecified atom stereocenters. The van der Waals surface area contributed by atoms with Crippen molar-refractivity contribution in [3.8, 4) is 0 Å². The Kier molecular flexibility index (Phi) is 6.88. The van der Waals surface area contributed by atoms with Crippen molar-refractivity contribution in [1.29, 1.82) is 0 Å². The molecule has 36 heavy (non-hydrogen) atoms. The molecule has 1 saturated heterocycles. The molecule has 9 nitrogen and oxygen atoms in total. The second-order valence-electron chi connectivity index (χ2n) is 9.03. The van der Waals surface area contributed by atoms with Crippen LogP contribution < -0.4 is 5.76 Å². The lowest BCUT2D eigenvalue weighted by Crippen LogP contribution is -2.47. The molecule has 2 amide bonds. The summed E-state index contributed by atoms with van der Waals surface area (Å²) in [5, 5.41) is 5.64. The van der Waals surface area contributed by atoms with Crippen LogP contribution in [0.25, 0.3) is 10.8 Å². The summed E-state index contributed by atoms with van der Waals surface area (Å²) in [6, 6.07) is 17.3. The largest absolute Gasteiger partial charge is 0.438 e. The van der Waals surface area contributed by atoms with Crippen molar-refractivity contribution in [1.82, 2.24) is 24.9 Å². The van der Waals surface area contributed by atoms with Gasteiger partial charge < -0.3 is 9.80 Å². The number of carbonyl (C=O) groups is 2. The molecule has 184 valence electrons. The molecule has 2 aromatic carbocycles. The maximum Gasteiger partial charge on any atom is 0.438 e. The Labute approximate surface area is 207 Å². The third-order valence-corrected chi connectivity index (χ3v) is 6.59. The van der Waals surface area contributed by atoms with E-state index in [1.165, 1.54) is 0 Å². The Balaban J connectivity index is 1.33. The summed E-state index contributed by atoms with van der Waals surface area (Å²) in [5.74, 6) is -0.625. The van der Waals surface area contributed by atoms with Gasteiger partial charge in [-0.15, -0.1) is 0 Å². The molecule has 1 aliphatic rings. The normalized spacial score (nSPS) is 15.7. The number of benzene rings is 2. The van der Waals surface area contributed by atoms with Gasteiger partial charge in [0.15, 0.2) is 5.82 Å². The van der Waals surface area contributed by atoms with E-state index < -0.39 is 5.76 Å². The Hall–Kier alpha value is -4.27. The van der Waals surface area contributed by atoms with Crippen molar-refractivity contribution >= 4 is 22.6 Å².